The quantitative estimate of drug-likeness (QED) is 0.482. The van der Waals surface area contributed by atoms with E-state index in [1.807, 2.05) is 6.08 Å². The van der Waals surface area contributed by atoms with Gasteiger partial charge in [-0.1, -0.05) is 6.08 Å². The highest BCUT2D eigenvalue weighted by molar-refractivity contribution is 4.71. The SMILES string of the molecule is C=CCNN(C(C)C)C(C)C. The van der Waals surface area contributed by atoms with Crippen LogP contribution in [0, 0.1) is 0 Å². The molecule has 0 aliphatic carbocycles. The summed E-state index contributed by atoms with van der Waals surface area (Å²) in [6.45, 7) is 13.2. The summed E-state index contributed by atoms with van der Waals surface area (Å²) in [6, 6.07) is 1.07. The van der Waals surface area contributed by atoms with Gasteiger partial charge in [0, 0.05) is 18.6 Å². The summed E-state index contributed by atoms with van der Waals surface area (Å²) >= 11 is 0. The van der Waals surface area contributed by atoms with Crippen molar-refractivity contribution in [1.82, 2.24) is 10.4 Å². The highest BCUT2D eigenvalue weighted by Gasteiger charge is 2.10. The van der Waals surface area contributed by atoms with E-state index >= 15 is 0 Å². The molecule has 0 heterocycles. The number of hydrogen-bond acceptors (Lipinski definition) is 2. The first-order chi connectivity index (χ1) is 5.09. The Bertz CT molecular complexity index is 100. The zero-order valence-corrected chi connectivity index (χ0v) is 8.09. The van der Waals surface area contributed by atoms with Crippen molar-refractivity contribution < 1.29 is 0 Å². The molecule has 66 valence electrons. The van der Waals surface area contributed by atoms with Crippen molar-refractivity contribution in [1.29, 1.82) is 0 Å². The molecule has 0 fully saturated rings. The number of hydrazine groups is 1. The maximum absolute atomic E-state index is 3.66. The summed E-state index contributed by atoms with van der Waals surface area (Å²) in [5, 5.41) is 2.22. The number of nitrogens with zero attached hydrogens (tertiary/aromatic N) is 1. The molecule has 1 N–H and O–H groups in total. The van der Waals surface area contributed by atoms with E-state index in [0.29, 0.717) is 12.1 Å². The predicted molar refractivity (Wildman–Crippen MR) is 50.3 cm³/mol. The largest absolute Gasteiger partial charge is 0.251 e. The van der Waals surface area contributed by atoms with Gasteiger partial charge in [-0.25, -0.2) is 5.01 Å². The summed E-state index contributed by atoms with van der Waals surface area (Å²) in [6.07, 6.45) is 1.87. The van der Waals surface area contributed by atoms with Crippen molar-refractivity contribution in [3.8, 4) is 0 Å². The summed E-state index contributed by atoms with van der Waals surface area (Å²) in [5.74, 6) is 0. The van der Waals surface area contributed by atoms with Gasteiger partial charge >= 0.3 is 0 Å². The molecule has 2 nitrogen and oxygen atoms in total. The first-order valence-electron chi connectivity index (χ1n) is 4.22. The lowest BCUT2D eigenvalue weighted by Crippen LogP contribution is -2.47. The minimum atomic E-state index is 0.537. The second-order valence-corrected chi connectivity index (χ2v) is 3.25. The average Bonchev–Trinajstić information content (AvgIpc) is 1.87. The van der Waals surface area contributed by atoms with Gasteiger partial charge in [0.1, 0.15) is 0 Å². The average molecular weight is 156 g/mol. The number of nitrogens with one attached hydrogen (secondary N) is 1. The van der Waals surface area contributed by atoms with Crippen LogP contribution >= 0.6 is 0 Å². The van der Waals surface area contributed by atoms with Crippen LogP contribution in [0.25, 0.3) is 0 Å². The van der Waals surface area contributed by atoms with Gasteiger partial charge in [0.05, 0.1) is 0 Å². The monoisotopic (exact) mass is 156 g/mol. The number of rotatable bonds is 5. The Hall–Kier alpha value is -0.340. The van der Waals surface area contributed by atoms with Crippen molar-refractivity contribution in [3.63, 3.8) is 0 Å². The van der Waals surface area contributed by atoms with Gasteiger partial charge in [0.15, 0.2) is 0 Å². The van der Waals surface area contributed by atoms with E-state index in [9.17, 15) is 0 Å². The lowest BCUT2D eigenvalue weighted by molar-refractivity contribution is 0.110. The Morgan fingerprint density at radius 1 is 1.27 bits per heavy atom. The van der Waals surface area contributed by atoms with Gasteiger partial charge in [0.25, 0.3) is 0 Å². The van der Waals surface area contributed by atoms with Crippen LogP contribution in [0.1, 0.15) is 27.7 Å². The minimum Gasteiger partial charge on any atom is -0.251 e. The van der Waals surface area contributed by atoms with Crippen LogP contribution in [0.4, 0.5) is 0 Å². The summed E-state index contributed by atoms with van der Waals surface area (Å²) in [4.78, 5) is 0. The molecule has 0 saturated heterocycles. The van der Waals surface area contributed by atoms with Crippen molar-refractivity contribution >= 4 is 0 Å². The molecule has 0 saturated carbocycles. The third-order valence-corrected chi connectivity index (χ3v) is 1.53. The molecule has 11 heavy (non-hydrogen) atoms. The van der Waals surface area contributed by atoms with Crippen LogP contribution in [-0.4, -0.2) is 23.6 Å². The van der Waals surface area contributed by atoms with Crippen molar-refractivity contribution in [3.05, 3.63) is 12.7 Å². The predicted octanol–water partition coefficient (Wildman–Crippen LogP) is 1.80. The Kier molecular flexibility index (Phi) is 5.16. The lowest BCUT2D eigenvalue weighted by Gasteiger charge is -2.30. The zero-order valence-electron chi connectivity index (χ0n) is 8.09. The van der Waals surface area contributed by atoms with E-state index < -0.39 is 0 Å². The normalized spacial score (nSPS) is 11.5. The third-order valence-electron chi connectivity index (χ3n) is 1.53. The molecule has 0 spiro atoms. The van der Waals surface area contributed by atoms with Crippen LogP contribution < -0.4 is 5.43 Å². The summed E-state index contributed by atoms with van der Waals surface area (Å²) < 4.78 is 0. The molecule has 0 aliphatic rings. The van der Waals surface area contributed by atoms with Crippen LogP contribution in [0.2, 0.25) is 0 Å². The number of hydrogen-bond donors (Lipinski definition) is 1. The zero-order chi connectivity index (χ0) is 8.85. The highest BCUT2D eigenvalue weighted by atomic mass is 15.5. The van der Waals surface area contributed by atoms with Crippen molar-refractivity contribution in [2.45, 2.75) is 39.8 Å². The van der Waals surface area contributed by atoms with Crippen LogP contribution in [-0.2, 0) is 0 Å². The summed E-state index contributed by atoms with van der Waals surface area (Å²) in [5.41, 5.74) is 3.28. The van der Waals surface area contributed by atoms with E-state index in [1.165, 1.54) is 0 Å². The fourth-order valence-corrected chi connectivity index (χ4v) is 1.13. The van der Waals surface area contributed by atoms with E-state index in [0.717, 1.165) is 6.54 Å². The summed E-state index contributed by atoms with van der Waals surface area (Å²) in [7, 11) is 0. The van der Waals surface area contributed by atoms with Crippen molar-refractivity contribution in [2.24, 2.45) is 0 Å². The Balaban J connectivity index is 3.79. The van der Waals surface area contributed by atoms with Gasteiger partial charge in [0.2, 0.25) is 0 Å². The van der Waals surface area contributed by atoms with Gasteiger partial charge < -0.3 is 0 Å². The van der Waals surface area contributed by atoms with E-state index in [-0.39, 0.29) is 0 Å². The smallest absolute Gasteiger partial charge is 0.0280 e. The molecule has 0 bridgehead atoms. The topological polar surface area (TPSA) is 15.3 Å². The Labute approximate surface area is 70.2 Å². The second kappa shape index (κ2) is 5.33. The van der Waals surface area contributed by atoms with E-state index in [1.54, 1.807) is 0 Å². The minimum absolute atomic E-state index is 0.537. The molecule has 0 aliphatic heterocycles. The molecule has 0 atom stereocenters. The van der Waals surface area contributed by atoms with E-state index in [4.69, 9.17) is 0 Å². The molecular weight excluding hydrogens is 136 g/mol. The molecule has 0 aromatic rings. The molecule has 2 heteroatoms. The molecule has 0 aromatic carbocycles. The maximum atomic E-state index is 3.66. The Morgan fingerprint density at radius 3 is 2.00 bits per heavy atom. The Morgan fingerprint density at radius 2 is 1.73 bits per heavy atom. The first-order valence-corrected chi connectivity index (χ1v) is 4.22. The first kappa shape index (κ1) is 10.7. The van der Waals surface area contributed by atoms with E-state index in [2.05, 4.69) is 44.7 Å². The maximum Gasteiger partial charge on any atom is 0.0280 e. The molecule has 0 unspecified atom stereocenters. The van der Waals surface area contributed by atoms with Gasteiger partial charge in [-0.2, -0.15) is 0 Å². The lowest BCUT2D eigenvalue weighted by atomic mass is 10.3. The van der Waals surface area contributed by atoms with Crippen LogP contribution in [0.5, 0.6) is 0 Å². The van der Waals surface area contributed by atoms with Gasteiger partial charge in [-0.05, 0) is 27.7 Å². The van der Waals surface area contributed by atoms with Gasteiger partial charge in [-0.3, -0.25) is 5.43 Å². The molecular formula is C9H20N2. The van der Waals surface area contributed by atoms with Crippen LogP contribution in [0.3, 0.4) is 0 Å². The second-order valence-electron chi connectivity index (χ2n) is 3.25. The fraction of sp³-hybridized carbons (Fsp3) is 0.778. The third kappa shape index (κ3) is 4.17. The van der Waals surface area contributed by atoms with Crippen LogP contribution in [0.15, 0.2) is 12.7 Å². The molecule has 0 rings (SSSR count). The van der Waals surface area contributed by atoms with Crippen molar-refractivity contribution in [2.75, 3.05) is 6.54 Å². The van der Waals surface area contributed by atoms with Gasteiger partial charge in [-0.15, -0.1) is 6.58 Å². The standard InChI is InChI=1S/C9H20N2/c1-6-7-10-11(8(2)3)9(4)5/h6,8-10H,1,7H2,2-5H3. The fourth-order valence-electron chi connectivity index (χ4n) is 1.13. The molecule has 0 aromatic heterocycles. The molecule has 0 amide bonds. The molecule has 0 radical (unpaired) electrons. The highest BCUT2D eigenvalue weighted by Crippen LogP contribution is 1.99.